The third kappa shape index (κ3) is 2.00. The third-order valence-corrected chi connectivity index (χ3v) is 4.40. The molecule has 0 aliphatic carbocycles. The molecule has 0 aliphatic heterocycles. The van der Waals surface area contributed by atoms with Crippen LogP contribution in [0.15, 0.2) is 72.8 Å². The lowest BCUT2D eigenvalue weighted by Gasteiger charge is -2.08. The molecule has 0 unspecified atom stereocenters. The van der Waals surface area contributed by atoms with E-state index in [0.29, 0.717) is 5.56 Å². The Morgan fingerprint density at radius 2 is 1.52 bits per heavy atom. The first kappa shape index (κ1) is 13.7. The third-order valence-electron chi connectivity index (χ3n) is 4.40. The van der Waals surface area contributed by atoms with Gasteiger partial charge in [0.1, 0.15) is 5.69 Å². The van der Waals surface area contributed by atoms with Crippen LogP contribution in [0.25, 0.3) is 39.0 Å². The molecule has 4 nitrogen and oxygen atoms in total. The molecule has 0 bridgehead atoms. The molecule has 4 heteroatoms. The zero-order chi connectivity index (χ0) is 16.8. The van der Waals surface area contributed by atoms with Crippen LogP contribution >= 0.6 is 0 Å². The van der Waals surface area contributed by atoms with E-state index < -0.39 is 0 Å². The molecule has 0 amide bonds. The predicted molar refractivity (Wildman–Crippen MR) is 98.2 cm³/mol. The van der Waals surface area contributed by atoms with Gasteiger partial charge in [-0.15, -0.1) is 0 Å². The highest BCUT2D eigenvalue weighted by Gasteiger charge is 2.15. The Morgan fingerprint density at radius 1 is 0.760 bits per heavy atom. The molecule has 3 aromatic carbocycles. The molecule has 0 radical (unpaired) electrons. The van der Waals surface area contributed by atoms with Gasteiger partial charge in [-0.05, 0) is 30.3 Å². The van der Waals surface area contributed by atoms with Crippen LogP contribution in [0.5, 0.6) is 0 Å². The summed E-state index contributed by atoms with van der Waals surface area (Å²) >= 11 is 0. The number of benzene rings is 3. The van der Waals surface area contributed by atoms with E-state index in [9.17, 15) is 5.26 Å². The van der Waals surface area contributed by atoms with Gasteiger partial charge in [0, 0.05) is 5.56 Å². The number of nitrogens with zero attached hydrogens (tertiary/aromatic N) is 4. The van der Waals surface area contributed by atoms with Crippen LogP contribution in [0.2, 0.25) is 0 Å². The van der Waals surface area contributed by atoms with Crippen molar-refractivity contribution in [2.75, 3.05) is 0 Å². The molecule has 0 saturated heterocycles. The fourth-order valence-corrected chi connectivity index (χ4v) is 3.26. The van der Waals surface area contributed by atoms with Crippen molar-refractivity contribution in [3.05, 3.63) is 78.4 Å². The Morgan fingerprint density at radius 3 is 2.36 bits per heavy atom. The van der Waals surface area contributed by atoms with Gasteiger partial charge in [0.15, 0.2) is 5.65 Å². The van der Waals surface area contributed by atoms with Crippen LogP contribution in [-0.4, -0.2) is 14.4 Å². The summed E-state index contributed by atoms with van der Waals surface area (Å²) in [6.07, 6.45) is 0. The van der Waals surface area contributed by atoms with Gasteiger partial charge in [0.2, 0.25) is 0 Å². The van der Waals surface area contributed by atoms with Crippen LogP contribution in [0.3, 0.4) is 0 Å². The second kappa shape index (κ2) is 5.15. The molecule has 25 heavy (non-hydrogen) atoms. The Hall–Kier alpha value is -3.71. The van der Waals surface area contributed by atoms with Gasteiger partial charge in [-0.25, -0.2) is 9.97 Å². The quantitative estimate of drug-likeness (QED) is 0.454. The molecule has 0 atom stereocenters. The largest absolute Gasteiger partial charge is 0.289 e. The molecule has 5 rings (SSSR count). The molecule has 0 fully saturated rings. The van der Waals surface area contributed by atoms with Gasteiger partial charge in [-0.1, -0.05) is 42.5 Å². The summed E-state index contributed by atoms with van der Waals surface area (Å²) in [7, 11) is 0. The summed E-state index contributed by atoms with van der Waals surface area (Å²) in [4.78, 5) is 9.66. The molecule has 2 aromatic heterocycles. The Bertz CT molecular complexity index is 1290. The van der Waals surface area contributed by atoms with Gasteiger partial charge in [0.05, 0.1) is 33.7 Å². The van der Waals surface area contributed by atoms with Gasteiger partial charge in [-0.3, -0.25) is 4.40 Å². The first-order valence-corrected chi connectivity index (χ1v) is 8.01. The fourth-order valence-electron chi connectivity index (χ4n) is 3.26. The van der Waals surface area contributed by atoms with Crippen molar-refractivity contribution in [2.24, 2.45) is 0 Å². The first-order valence-electron chi connectivity index (χ1n) is 8.01. The molecular weight excluding hydrogens is 308 g/mol. The Balaban J connectivity index is 2.02. The highest BCUT2D eigenvalue weighted by Crippen LogP contribution is 2.29. The minimum Gasteiger partial charge on any atom is -0.289 e. The first-order chi connectivity index (χ1) is 12.3. The van der Waals surface area contributed by atoms with E-state index in [2.05, 4.69) is 10.5 Å². The summed E-state index contributed by atoms with van der Waals surface area (Å²) in [6.45, 7) is 0. The van der Waals surface area contributed by atoms with Crippen LogP contribution in [0.4, 0.5) is 0 Å². The standard InChI is InChI=1S/C21H12N4/c22-13-14-10-11-19-17(12-14)24-21-20(15-6-2-1-3-7-15)23-16-8-4-5-9-18(16)25(19)21/h1-12H. The lowest BCUT2D eigenvalue weighted by atomic mass is 10.1. The van der Waals surface area contributed by atoms with E-state index in [0.717, 1.165) is 39.0 Å². The van der Waals surface area contributed by atoms with E-state index in [-0.39, 0.29) is 0 Å². The maximum Gasteiger partial charge on any atom is 0.165 e. The molecule has 0 spiro atoms. The van der Waals surface area contributed by atoms with Gasteiger partial charge >= 0.3 is 0 Å². The van der Waals surface area contributed by atoms with Gasteiger partial charge in [-0.2, -0.15) is 5.26 Å². The van der Waals surface area contributed by atoms with Crippen molar-refractivity contribution in [2.45, 2.75) is 0 Å². The van der Waals surface area contributed by atoms with E-state index in [4.69, 9.17) is 9.97 Å². The van der Waals surface area contributed by atoms with Crippen molar-refractivity contribution >= 4 is 27.7 Å². The molecule has 116 valence electrons. The summed E-state index contributed by atoms with van der Waals surface area (Å²) < 4.78 is 2.13. The maximum atomic E-state index is 9.18. The number of para-hydroxylation sites is 2. The molecule has 5 aromatic rings. The number of rotatable bonds is 1. The van der Waals surface area contributed by atoms with Crippen LogP contribution in [0.1, 0.15) is 5.56 Å². The number of aromatic nitrogens is 3. The Labute approximate surface area is 143 Å². The molecule has 0 N–H and O–H groups in total. The second-order valence-corrected chi connectivity index (χ2v) is 5.90. The lowest BCUT2D eigenvalue weighted by molar-refractivity contribution is 1.24. The van der Waals surface area contributed by atoms with Crippen molar-refractivity contribution in [3.8, 4) is 17.3 Å². The number of hydrogen-bond donors (Lipinski definition) is 0. The molecular formula is C21H12N4. The minimum atomic E-state index is 0.606. The van der Waals surface area contributed by atoms with Crippen LogP contribution in [-0.2, 0) is 0 Å². The average Bonchev–Trinajstić information content (AvgIpc) is 3.06. The Kier molecular flexibility index (Phi) is 2.82. The summed E-state index contributed by atoms with van der Waals surface area (Å²) in [5.41, 5.74) is 6.97. The zero-order valence-corrected chi connectivity index (χ0v) is 13.2. The van der Waals surface area contributed by atoms with E-state index in [1.165, 1.54) is 0 Å². The predicted octanol–water partition coefficient (Wildman–Crippen LogP) is 4.57. The van der Waals surface area contributed by atoms with Crippen molar-refractivity contribution in [1.82, 2.24) is 14.4 Å². The number of hydrogen-bond acceptors (Lipinski definition) is 3. The fraction of sp³-hybridized carbons (Fsp3) is 0. The normalized spacial score (nSPS) is 11.2. The second-order valence-electron chi connectivity index (χ2n) is 5.90. The summed E-state index contributed by atoms with van der Waals surface area (Å²) in [5.74, 6) is 0. The molecule has 0 saturated carbocycles. The SMILES string of the molecule is N#Cc1ccc2c(c1)nc1c(-c3ccccc3)nc3ccccc3n12. The smallest absolute Gasteiger partial charge is 0.165 e. The summed E-state index contributed by atoms with van der Waals surface area (Å²) in [5, 5.41) is 9.18. The lowest BCUT2D eigenvalue weighted by Crippen LogP contribution is -1.95. The van der Waals surface area contributed by atoms with Crippen LogP contribution < -0.4 is 0 Å². The molecule has 0 aliphatic rings. The van der Waals surface area contributed by atoms with E-state index in [1.54, 1.807) is 0 Å². The topological polar surface area (TPSA) is 54.0 Å². The highest BCUT2D eigenvalue weighted by atomic mass is 15.0. The van der Waals surface area contributed by atoms with Crippen molar-refractivity contribution in [1.29, 1.82) is 5.26 Å². The van der Waals surface area contributed by atoms with Crippen LogP contribution in [0, 0.1) is 11.3 Å². The maximum absolute atomic E-state index is 9.18. The number of fused-ring (bicyclic) bond motifs is 5. The average molecular weight is 320 g/mol. The van der Waals surface area contributed by atoms with Gasteiger partial charge < -0.3 is 0 Å². The monoisotopic (exact) mass is 320 g/mol. The summed E-state index contributed by atoms with van der Waals surface area (Å²) in [6, 6.07) is 25.9. The zero-order valence-electron chi connectivity index (χ0n) is 13.2. The van der Waals surface area contributed by atoms with E-state index >= 15 is 0 Å². The highest BCUT2D eigenvalue weighted by molar-refractivity contribution is 5.94. The number of nitriles is 1. The van der Waals surface area contributed by atoms with E-state index in [1.807, 2.05) is 72.8 Å². The van der Waals surface area contributed by atoms with Gasteiger partial charge in [0.25, 0.3) is 0 Å². The minimum absolute atomic E-state index is 0.606. The number of imidazole rings is 1. The van der Waals surface area contributed by atoms with Crippen molar-refractivity contribution in [3.63, 3.8) is 0 Å². The van der Waals surface area contributed by atoms with Crippen molar-refractivity contribution < 1.29 is 0 Å². The molecule has 2 heterocycles.